The first-order valence-corrected chi connectivity index (χ1v) is 7.30. The molecule has 0 bridgehead atoms. The Bertz CT molecular complexity index is 228. The Labute approximate surface area is 106 Å². The first-order valence-electron chi connectivity index (χ1n) is 7.30. The second-order valence-corrected chi connectivity index (χ2v) is 6.58. The number of rotatable bonds is 4. The van der Waals surface area contributed by atoms with Crippen molar-refractivity contribution < 1.29 is 0 Å². The van der Waals surface area contributed by atoms with E-state index in [0.29, 0.717) is 0 Å². The van der Waals surface area contributed by atoms with Crippen molar-refractivity contribution in [1.29, 1.82) is 0 Å². The Morgan fingerprint density at radius 3 is 2.47 bits per heavy atom. The number of hydrogen-bond donors (Lipinski definition) is 1. The third-order valence-electron chi connectivity index (χ3n) is 4.23. The molecule has 2 aliphatic rings. The van der Waals surface area contributed by atoms with Crippen LogP contribution in [0.4, 0.5) is 0 Å². The minimum absolute atomic E-state index is 0.0107. The largest absolute Gasteiger partial charge is 0.326 e. The highest BCUT2D eigenvalue weighted by Gasteiger charge is 2.28. The van der Waals surface area contributed by atoms with Gasteiger partial charge in [-0.25, -0.2) is 0 Å². The maximum Gasteiger partial charge on any atom is 0.0235 e. The summed E-state index contributed by atoms with van der Waals surface area (Å²) < 4.78 is 0. The summed E-state index contributed by atoms with van der Waals surface area (Å²) >= 11 is 0. The highest BCUT2D eigenvalue weighted by molar-refractivity contribution is 4.86. The molecule has 2 aliphatic heterocycles. The quantitative estimate of drug-likeness (QED) is 0.810. The number of nitrogens with zero attached hydrogens (tertiary/aromatic N) is 2. The molecule has 2 fully saturated rings. The van der Waals surface area contributed by atoms with Crippen molar-refractivity contribution in [2.45, 2.75) is 57.5 Å². The van der Waals surface area contributed by atoms with Crippen LogP contribution < -0.4 is 5.73 Å². The van der Waals surface area contributed by atoms with Gasteiger partial charge in [0.05, 0.1) is 0 Å². The highest BCUT2D eigenvalue weighted by Crippen LogP contribution is 2.20. The Hall–Kier alpha value is -0.120. The third-order valence-corrected chi connectivity index (χ3v) is 4.23. The van der Waals surface area contributed by atoms with Crippen LogP contribution >= 0.6 is 0 Å². The molecule has 100 valence electrons. The summed E-state index contributed by atoms with van der Waals surface area (Å²) in [5.41, 5.74) is 6.04. The lowest BCUT2D eigenvalue weighted by atomic mass is 10.0. The summed E-state index contributed by atoms with van der Waals surface area (Å²) in [6.45, 7) is 10.7. The van der Waals surface area contributed by atoms with Crippen molar-refractivity contribution in [3.8, 4) is 0 Å². The molecule has 2 saturated heterocycles. The van der Waals surface area contributed by atoms with Crippen molar-refractivity contribution in [3.63, 3.8) is 0 Å². The Morgan fingerprint density at radius 2 is 1.82 bits per heavy atom. The molecule has 1 unspecified atom stereocenters. The van der Waals surface area contributed by atoms with E-state index in [4.69, 9.17) is 5.73 Å². The summed E-state index contributed by atoms with van der Waals surface area (Å²) in [4.78, 5) is 5.32. The fourth-order valence-electron chi connectivity index (χ4n) is 3.04. The van der Waals surface area contributed by atoms with Crippen LogP contribution in [0.5, 0.6) is 0 Å². The van der Waals surface area contributed by atoms with Crippen LogP contribution in [0.15, 0.2) is 0 Å². The van der Waals surface area contributed by atoms with Crippen LogP contribution in [0.25, 0.3) is 0 Å². The first kappa shape index (κ1) is 13.3. The van der Waals surface area contributed by atoms with Gasteiger partial charge in [0.25, 0.3) is 0 Å². The topological polar surface area (TPSA) is 32.5 Å². The first-order chi connectivity index (χ1) is 8.04. The van der Waals surface area contributed by atoms with Crippen LogP contribution in [0, 0.1) is 0 Å². The van der Waals surface area contributed by atoms with Gasteiger partial charge in [-0.15, -0.1) is 0 Å². The van der Waals surface area contributed by atoms with Crippen LogP contribution in [-0.4, -0.2) is 54.1 Å². The van der Waals surface area contributed by atoms with Gasteiger partial charge in [0.1, 0.15) is 0 Å². The smallest absolute Gasteiger partial charge is 0.0235 e. The van der Waals surface area contributed by atoms with Gasteiger partial charge in [0.15, 0.2) is 0 Å². The summed E-state index contributed by atoms with van der Waals surface area (Å²) in [5, 5.41) is 0. The molecule has 0 radical (unpaired) electrons. The van der Waals surface area contributed by atoms with Crippen molar-refractivity contribution in [3.05, 3.63) is 0 Å². The monoisotopic (exact) mass is 239 g/mol. The van der Waals surface area contributed by atoms with Gasteiger partial charge >= 0.3 is 0 Å². The fourth-order valence-corrected chi connectivity index (χ4v) is 3.04. The van der Waals surface area contributed by atoms with Crippen LogP contribution in [0.3, 0.4) is 0 Å². The highest BCUT2D eigenvalue weighted by atomic mass is 15.3. The van der Waals surface area contributed by atoms with Gasteiger partial charge in [-0.2, -0.15) is 0 Å². The molecule has 3 heteroatoms. The van der Waals surface area contributed by atoms with Crippen molar-refractivity contribution in [2.24, 2.45) is 5.73 Å². The second-order valence-electron chi connectivity index (χ2n) is 6.58. The molecule has 0 spiro atoms. The maximum absolute atomic E-state index is 6.05. The van der Waals surface area contributed by atoms with E-state index in [1.165, 1.54) is 58.4 Å². The number of likely N-dealkylation sites (tertiary alicyclic amines) is 2. The zero-order valence-corrected chi connectivity index (χ0v) is 11.6. The number of nitrogens with two attached hydrogens (primary N) is 1. The SMILES string of the molecule is CC(C)(N)CCN1CCC(N2CCCCC2)C1. The predicted octanol–water partition coefficient (Wildman–Crippen LogP) is 1.67. The zero-order valence-electron chi connectivity index (χ0n) is 11.6. The summed E-state index contributed by atoms with van der Waals surface area (Å²) in [5.74, 6) is 0. The maximum atomic E-state index is 6.05. The molecular formula is C14H29N3. The average Bonchev–Trinajstić information content (AvgIpc) is 2.75. The molecule has 0 aromatic carbocycles. The number of piperidine rings is 1. The number of hydrogen-bond acceptors (Lipinski definition) is 3. The van der Waals surface area contributed by atoms with E-state index < -0.39 is 0 Å². The average molecular weight is 239 g/mol. The van der Waals surface area contributed by atoms with Crippen LogP contribution in [0.1, 0.15) is 46.0 Å². The summed E-state index contributed by atoms with van der Waals surface area (Å²) in [6.07, 6.45) is 6.73. The predicted molar refractivity (Wildman–Crippen MR) is 73.2 cm³/mol. The molecule has 0 saturated carbocycles. The molecule has 3 nitrogen and oxygen atoms in total. The summed E-state index contributed by atoms with van der Waals surface area (Å²) in [7, 11) is 0. The van der Waals surface area contributed by atoms with Gasteiger partial charge in [-0.1, -0.05) is 6.42 Å². The van der Waals surface area contributed by atoms with E-state index in [2.05, 4.69) is 23.6 Å². The lowest BCUT2D eigenvalue weighted by Crippen LogP contribution is -2.42. The van der Waals surface area contributed by atoms with E-state index in [-0.39, 0.29) is 5.54 Å². The molecule has 1 atom stereocenters. The van der Waals surface area contributed by atoms with Crippen molar-refractivity contribution in [1.82, 2.24) is 9.80 Å². The van der Waals surface area contributed by atoms with E-state index in [1.807, 2.05) is 0 Å². The lowest BCUT2D eigenvalue weighted by molar-refractivity contribution is 0.160. The standard InChI is InChI=1S/C14H29N3/c1-14(2,15)7-11-16-10-6-13(12-16)17-8-4-3-5-9-17/h13H,3-12,15H2,1-2H3. The Morgan fingerprint density at radius 1 is 1.12 bits per heavy atom. The lowest BCUT2D eigenvalue weighted by Gasteiger charge is -2.32. The van der Waals surface area contributed by atoms with E-state index in [1.54, 1.807) is 0 Å². The Balaban J connectivity index is 1.71. The minimum atomic E-state index is -0.0107. The van der Waals surface area contributed by atoms with Gasteiger partial charge in [0.2, 0.25) is 0 Å². The van der Waals surface area contributed by atoms with E-state index in [9.17, 15) is 0 Å². The van der Waals surface area contributed by atoms with Gasteiger partial charge in [-0.3, -0.25) is 4.90 Å². The summed E-state index contributed by atoms with van der Waals surface area (Å²) in [6, 6.07) is 0.830. The van der Waals surface area contributed by atoms with Crippen LogP contribution in [0.2, 0.25) is 0 Å². The van der Waals surface area contributed by atoms with E-state index >= 15 is 0 Å². The van der Waals surface area contributed by atoms with E-state index in [0.717, 1.165) is 12.5 Å². The molecule has 2 N–H and O–H groups in total. The molecule has 0 aromatic rings. The molecular weight excluding hydrogens is 210 g/mol. The molecule has 0 aliphatic carbocycles. The van der Waals surface area contributed by atoms with Gasteiger partial charge in [0, 0.05) is 18.1 Å². The van der Waals surface area contributed by atoms with Gasteiger partial charge < -0.3 is 10.6 Å². The second kappa shape index (κ2) is 5.68. The van der Waals surface area contributed by atoms with Crippen molar-refractivity contribution in [2.75, 3.05) is 32.7 Å². The molecule has 2 rings (SSSR count). The molecule has 0 amide bonds. The third kappa shape index (κ3) is 4.23. The normalized spacial score (nSPS) is 28.8. The Kier molecular flexibility index (Phi) is 4.45. The molecule has 2 heterocycles. The molecule has 0 aromatic heterocycles. The zero-order chi connectivity index (χ0) is 12.3. The molecule has 17 heavy (non-hydrogen) atoms. The minimum Gasteiger partial charge on any atom is -0.326 e. The van der Waals surface area contributed by atoms with Crippen LogP contribution in [-0.2, 0) is 0 Å². The fraction of sp³-hybridized carbons (Fsp3) is 1.00. The van der Waals surface area contributed by atoms with Gasteiger partial charge in [-0.05, 0) is 65.7 Å². The van der Waals surface area contributed by atoms with Crippen molar-refractivity contribution >= 4 is 0 Å².